The van der Waals surface area contributed by atoms with Gasteiger partial charge in [0.2, 0.25) is 11.8 Å². The van der Waals surface area contributed by atoms with Gasteiger partial charge in [-0.3, -0.25) is 9.59 Å². The zero-order valence-electron chi connectivity index (χ0n) is 20.9. The average Bonchev–Trinajstić information content (AvgIpc) is 3.00. The molecule has 35 heavy (non-hydrogen) atoms. The minimum Gasteiger partial charge on any atom is -0.475 e. The summed E-state index contributed by atoms with van der Waals surface area (Å²) in [5.41, 5.74) is -0.479. The van der Waals surface area contributed by atoms with Gasteiger partial charge in [0.15, 0.2) is 0 Å². The van der Waals surface area contributed by atoms with Gasteiger partial charge in [-0.05, 0) is 30.4 Å². The molecule has 2 aliphatic heterocycles. The van der Waals surface area contributed by atoms with E-state index in [1.807, 2.05) is 37.2 Å². The van der Waals surface area contributed by atoms with Crippen molar-refractivity contribution in [3.8, 4) is 0 Å². The third-order valence-electron chi connectivity index (χ3n) is 6.27. The Bertz CT molecular complexity index is 902. The predicted molar refractivity (Wildman–Crippen MR) is 125 cm³/mol. The molecule has 8 nitrogen and oxygen atoms in total. The van der Waals surface area contributed by atoms with Gasteiger partial charge in [0, 0.05) is 58.8 Å². The highest BCUT2D eigenvalue weighted by Gasteiger charge is 2.54. The lowest BCUT2D eigenvalue weighted by Crippen LogP contribution is -2.47. The number of hydrogen-bond donors (Lipinski definition) is 1. The molecule has 3 heterocycles. The van der Waals surface area contributed by atoms with Gasteiger partial charge < -0.3 is 19.8 Å². The normalized spacial score (nSPS) is 22.5. The number of amides is 2. The fourth-order valence-corrected chi connectivity index (χ4v) is 4.74. The molecular formula is C24H35F3N4O4. The molecule has 1 N–H and O–H groups in total. The Balaban J connectivity index is 0.000000540. The number of nitrogens with zero attached hydrogens (tertiary/aromatic N) is 4. The van der Waals surface area contributed by atoms with Crippen LogP contribution in [0, 0.1) is 16.7 Å². The Hall–Kier alpha value is -2.85. The third kappa shape index (κ3) is 7.32. The van der Waals surface area contributed by atoms with E-state index in [1.165, 1.54) is 0 Å². The van der Waals surface area contributed by atoms with E-state index in [9.17, 15) is 22.8 Å². The van der Waals surface area contributed by atoms with Crippen LogP contribution in [0.3, 0.4) is 0 Å². The largest absolute Gasteiger partial charge is 0.490 e. The Morgan fingerprint density at radius 2 is 1.80 bits per heavy atom. The quantitative estimate of drug-likeness (QED) is 0.685. The molecule has 0 saturated carbocycles. The number of aromatic nitrogens is 1. The molecule has 0 radical (unpaired) electrons. The van der Waals surface area contributed by atoms with Crippen LogP contribution < -0.4 is 4.90 Å². The molecule has 1 aromatic heterocycles. The summed E-state index contributed by atoms with van der Waals surface area (Å²) in [4.78, 5) is 45.6. The van der Waals surface area contributed by atoms with Crippen LogP contribution in [0.25, 0.3) is 0 Å². The van der Waals surface area contributed by atoms with Crippen molar-refractivity contribution < 1.29 is 32.7 Å². The van der Waals surface area contributed by atoms with E-state index < -0.39 is 17.6 Å². The minimum absolute atomic E-state index is 0.0321. The van der Waals surface area contributed by atoms with Crippen molar-refractivity contribution >= 4 is 23.6 Å². The van der Waals surface area contributed by atoms with Crippen molar-refractivity contribution in [2.75, 3.05) is 45.2 Å². The fraction of sp³-hybridized carbons (Fsp3) is 0.667. The third-order valence-corrected chi connectivity index (χ3v) is 6.27. The van der Waals surface area contributed by atoms with Gasteiger partial charge in [-0.15, -0.1) is 0 Å². The number of halogens is 3. The van der Waals surface area contributed by atoms with E-state index >= 15 is 0 Å². The molecule has 2 aliphatic rings. The van der Waals surface area contributed by atoms with Gasteiger partial charge >= 0.3 is 12.1 Å². The smallest absolute Gasteiger partial charge is 0.475 e. The molecule has 2 amide bonds. The van der Waals surface area contributed by atoms with Crippen molar-refractivity contribution in [1.29, 1.82) is 0 Å². The highest BCUT2D eigenvalue weighted by Crippen LogP contribution is 2.45. The Labute approximate surface area is 204 Å². The molecule has 196 valence electrons. The first kappa shape index (κ1) is 28.4. The van der Waals surface area contributed by atoms with Crippen LogP contribution in [-0.2, 0) is 14.4 Å². The molecule has 0 aromatic carbocycles. The molecule has 0 bridgehead atoms. The number of carbonyl (C=O) groups excluding carboxylic acids is 2. The van der Waals surface area contributed by atoms with E-state index in [4.69, 9.17) is 9.90 Å². The lowest BCUT2D eigenvalue weighted by Gasteiger charge is -2.34. The van der Waals surface area contributed by atoms with Crippen LogP contribution in [-0.4, -0.2) is 84.1 Å². The van der Waals surface area contributed by atoms with E-state index in [0.29, 0.717) is 19.5 Å². The number of aliphatic carboxylic acids is 1. The maximum atomic E-state index is 13.3. The van der Waals surface area contributed by atoms with Crippen molar-refractivity contribution in [2.24, 2.45) is 16.7 Å². The van der Waals surface area contributed by atoms with Crippen LogP contribution >= 0.6 is 0 Å². The first-order chi connectivity index (χ1) is 16.1. The Kier molecular flexibility index (Phi) is 8.78. The number of hydrogen-bond acceptors (Lipinski definition) is 5. The van der Waals surface area contributed by atoms with Crippen molar-refractivity contribution in [2.45, 2.75) is 46.2 Å². The minimum atomic E-state index is -5.08. The maximum absolute atomic E-state index is 13.3. The van der Waals surface area contributed by atoms with Crippen LogP contribution in [0.4, 0.5) is 19.0 Å². The number of carboxylic acid groups (broad SMARTS) is 1. The number of fused-ring (bicyclic) bond motifs is 1. The summed E-state index contributed by atoms with van der Waals surface area (Å²) in [7, 11) is 3.68. The van der Waals surface area contributed by atoms with Gasteiger partial charge in [-0.1, -0.05) is 26.8 Å². The zero-order valence-corrected chi connectivity index (χ0v) is 20.9. The standard InChI is InChI=1S/C22H34N4O2.C2HF3O2/c1-21(2,3)13-19(27)25-12-8-10-22(20(28)24(4)5)16-26(15-17(22)14-25)18-9-6-7-11-23-18;3-2(4,5)1(6)7/h6-7,9,11,17H,8,10,12-16H2,1-5H3;(H,6,7)/t17-,22-;/m0./s1. The number of carbonyl (C=O) groups is 3. The van der Waals surface area contributed by atoms with Gasteiger partial charge in [0.25, 0.3) is 0 Å². The monoisotopic (exact) mass is 500 g/mol. The summed E-state index contributed by atoms with van der Waals surface area (Å²) in [6, 6.07) is 5.89. The number of alkyl halides is 3. The SMILES string of the molecule is CN(C)C(=O)[C@]12CCCN(C(=O)CC(C)(C)C)C[C@H]1CN(c1ccccn1)C2.O=C(O)C(F)(F)F. The first-order valence-electron chi connectivity index (χ1n) is 11.5. The lowest BCUT2D eigenvalue weighted by atomic mass is 9.74. The van der Waals surface area contributed by atoms with Gasteiger partial charge in [-0.2, -0.15) is 13.2 Å². The summed E-state index contributed by atoms with van der Waals surface area (Å²) in [5, 5.41) is 7.12. The molecule has 0 aliphatic carbocycles. The van der Waals surface area contributed by atoms with Gasteiger partial charge in [0.1, 0.15) is 5.82 Å². The van der Waals surface area contributed by atoms with E-state index in [0.717, 1.165) is 31.7 Å². The number of rotatable bonds is 3. The topological polar surface area (TPSA) is 94.1 Å². The number of likely N-dealkylation sites (tertiary alicyclic amines) is 1. The summed E-state index contributed by atoms with van der Waals surface area (Å²) < 4.78 is 31.7. The van der Waals surface area contributed by atoms with Crippen LogP contribution in [0.1, 0.15) is 40.0 Å². The van der Waals surface area contributed by atoms with E-state index in [-0.39, 0.29) is 23.1 Å². The summed E-state index contributed by atoms with van der Waals surface area (Å²) in [6.45, 7) is 9.13. The average molecular weight is 501 g/mol. The molecule has 2 saturated heterocycles. The molecule has 0 spiro atoms. The van der Waals surface area contributed by atoms with E-state index in [1.54, 1.807) is 11.1 Å². The number of anilines is 1. The first-order valence-corrected chi connectivity index (χ1v) is 11.5. The van der Waals surface area contributed by atoms with Crippen LogP contribution in [0.5, 0.6) is 0 Å². The van der Waals surface area contributed by atoms with Crippen molar-refractivity contribution in [3.63, 3.8) is 0 Å². The Morgan fingerprint density at radius 3 is 2.29 bits per heavy atom. The second-order valence-electron chi connectivity index (χ2n) is 10.6. The van der Waals surface area contributed by atoms with Crippen LogP contribution in [0.2, 0.25) is 0 Å². The molecule has 2 fully saturated rings. The molecule has 1 aromatic rings. The predicted octanol–water partition coefficient (Wildman–Crippen LogP) is 3.28. The summed E-state index contributed by atoms with van der Waals surface area (Å²) >= 11 is 0. The second-order valence-corrected chi connectivity index (χ2v) is 10.6. The summed E-state index contributed by atoms with van der Waals surface area (Å²) in [5.74, 6) is -1.34. The van der Waals surface area contributed by atoms with E-state index in [2.05, 4.69) is 30.7 Å². The lowest BCUT2D eigenvalue weighted by molar-refractivity contribution is -0.192. The molecule has 11 heteroatoms. The van der Waals surface area contributed by atoms with Crippen LogP contribution in [0.15, 0.2) is 24.4 Å². The van der Waals surface area contributed by atoms with Gasteiger partial charge in [0.05, 0.1) is 5.41 Å². The molecular weight excluding hydrogens is 465 g/mol. The Morgan fingerprint density at radius 1 is 1.17 bits per heavy atom. The zero-order chi connectivity index (χ0) is 26.6. The number of carboxylic acids is 1. The fourth-order valence-electron chi connectivity index (χ4n) is 4.74. The highest BCUT2D eigenvalue weighted by molar-refractivity contribution is 5.85. The maximum Gasteiger partial charge on any atom is 0.490 e. The van der Waals surface area contributed by atoms with Gasteiger partial charge in [-0.25, -0.2) is 9.78 Å². The number of pyridine rings is 1. The summed E-state index contributed by atoms with van der Waals surface area (Å²) in [6.07, 6.45) is -1.07. The van der Waals surface area contributed by atoms with Crippen molar-refractivity contribution in [1.82, 2.24) is 14.8 Å². The highest BCUT2D eigenvalue weighted by atomic mass is 19.4. The molecule has 0 unspecified atom stereocenters. The molecule has 3 rings (SSSR count). The molecule has 2 atom stereocenters. The second kappa shape index (κ2) is 10.8. The van der Waals surface area contributed by atoms with Crippen molar-refractivity contribution in [3.05, 3.63) is 24.4 Å².